The zero-order valence-corrected chi connectivity index (χ0v) is 15.6. The van der Waals surface area contributed by atoms with Crippen LogP contribution < -0.4 is 0 Å². The van der Waals surface area contributed by atoms with Crippen LogP contribution in [0.5, 0.6) is 0 Å². The molecule has 0 aromatic carbocycles. The number of hydrogen-bond acceptors (Lipinski definition) is 0. The fourth-order valence-electron chi connectivity index (χ4n) is 1.91. The molecule has 0 radical (unpaired) electrons. The Kier molecular flexibility index (Phi) is 33.9. The first kappa shape index (κ1) is 28.2. The van der Waals surface area contributed by atoms with Gasteiger partial charge in [-0.15, -0.1) is 0 Å². The molecule has 3 aliphatic rings. The minimum Gasteiger partial charge on any atom is -0.0776 e. The largest absolute Gasteiger partial charge is 0.0776 e. The van der Waals surface area contributed by atoms with Gasteiger partial charge in [0.2, 0.25) is 0 Å². The Morgan fingerprint density at radius 3 is 0.600 bits per heavy atom. The molecule has 3 rings (SSSR count). The molecule has 0 bridgehead atoms. The second-order valence-corrected chi connectivity index (χ2v) is 4.62. The molecule has 0 aromatic rings. The lowest BCUT2D eigenvalue weighted by Gasteiger charge is -2.05. The Balaban J connectivity index is -0.0000000841. The van der Waals surface area contributed by atoms with E-state index in [1.165, 1.54) is 38.5 Å². The summed E-state index contributed by atoms with van der Waals surface area (Å²) in [5.41, 5.74) is 1.00. The topological polar surface area (TPSA) is 0 Å². The van der Waals surface area contributed by atoms with E-state index in [4.69, 9.17) is 0 Å². The fourth-order valence-corrected chi connectivity index (χ4v) is 1.91. The van der Waals surface area contributed by atoms with Gasteiger partial charge in [-0.1, -0.05) is 101 Å². The SMILES string of the molecule is C.C1CC12CC2.C1CCCCC1.CC.CC.CC.CC. The minimum atomic E-state index is 0. The van der Waals surface area contributed by atoms with Gasteiger partial charge in [0.1, 0.15) is 0 Å². The van der Waals surface area contributed by atoms with Crippen molar-refractivity contribution in [1.29, 1.82) is 0 Å². The van der Waals surface area contributed by atoms with Crippen LogP contribution in [0.3, 0.4) is 0 Å². The van der Waals surface area contributed by atoms with Crippen LogP contribution in [0.15, 0.2) is 0 Å². The zero-order chi connectivity index (χ0) is 15.6. The lowest BCUT2D eigenvalue weighted by atomic mass is 10.0. The van der Waals surface area contributed by atoms with E-state index in [9.17, 15) is 0 Å². The van der Waals surface area contributed by atoms with Crippen molar-refractivity contribution in [3.8, 4) is 0 Å². The molecule has 3 aliphatic carbocycles. The summed E-state index contributed by atoms with van der Waals surface area (Å²) in [4.78, 5) is 0. The first-order valence-corrected chi connectivity index (χ1v) is 9.41. The van der Waals surface area contributed by atoms with Crippen molar-refractivity contribution >= 4 is 0 Å². The average Bonchev–Trinajstić information content (AvgIpc) is 3.51. The molecule has 0 atom stereocenters. The van der Waals surface area contributed by atoms with E-state index in [1.807, 2.05) is 55.4 Å². The van der Waals surface area contributed by atoms with E-state index in [0.29, 0.717) is 0 Å². The monoisotopic (exact) mass is 288 g/mol. The van der Waals surface area contributed by atoms with Gasteiger partial charge >= 0.3 is 0 Å². The van der Waals surface area contributed by atoms with Gasteiger partial charge in [-0.05, 0) is 31.1 Å². The van der Waals surface area contributed by atoms with Crippen LogP contribution in [0.2, 0.25) is 0 Å². The summed E-state index contributed by atoms with van der Waals surface area (Å²) in [6, 6.07) is 0. The quantitative estimate of drug-likeness (QED) is 0.418. The molecule has 0 heterocycles. The molecule has 3 saturated carbocycles. The van der Waals surface area contributed by atoms with E-state index in [1.54, 1.807) is 25.7 Å². The lowest BCUT2D eigenvalue weighted by Crippen LogP contribution is -1.85. The standard InChI is InChI=1S/C6H12.C5H8.4C2H6.CH4/c1-2-4-6-5-3-1;1-2-5(1)3-4-5;4*1-2;/h1-6H2;1-4H2;4*1-2H3;1H4. The molecule has 0 N–H and O–H groups in total. The second-order valence-electron chi connectivity index (χ2n) is 4.62. The predicted octanol–water partition coefficient (Wildman–Crippen LogP) is 8.64. The Morgan fingerprint density at radius 1 is 0.400 bits per heavy atom. The first-order valence-electron chi connectivity index (χ1n) is 9.41. The maximum Gasteiger partial charge on any atom is -0.0297 e. The summed E-state index contributed by atoms with van der Waals surface area (Å²) in [6.07, 6.45) is 15.2. The highest BCUT2D eigenvalue weighted by Gasteiger charge is 2.52. The van der Waals surface area contributed by atoms with Crippen molar-refractivity contribution < 1.29 is 0 Å². The van der Waals surface area contributed by atoms with Crippen molar-refractivity contribution in [2.75, 3.05) is 0 Å². The Labute approximate surface area is 133 Å². The Morgan fingerprint density at radius 2 is 0.550 bits per heavy atom. The molecule has 0 saturated heterocycles. The molecule has 20 heavy (non-hydrogen) atoms. The minimum absolute atomic E-state index is 0. The molecule has 3 fully saturated rings. The van der Waals surface area contributed by atoms with Crippen LogP contribution in [0, 0.1) is 5.41 Å². The normalized spacial score (nSPS) is 18.0. The van der Waals surface area contributed by atoms with Crippen LogP contribution in [0.25, 0.3) is 0 Å². The highest BCUT2D eigenvalue weighted by molar-refractivity contribution is 5.04. The molecule has 0 aliphatic heterocycles. The van der Waals surface area contributed by atoms with Gasteiger partial charge in [0.25, 0.3) is 0 Å². The average molecular weight is 289 g/mol. The van der Waals surface area contributed by atoms with Crippen LogP contribution in [-0.4, -0.2) is 0 Å². The summed E-state index contributed by atoms with van der Waals surface area (Å²) >= 11 is 0. The van der Waals surface area contributed by atoms with E-state index in [-0.39, 0.29) is 7.43 Å². The third-order valence-corrected chi connectivity index (χ3v) is 3.41. The van der Waals surface area contributed by atoms with Gasteiger partial charge < -0.3 is 0 Å². The predicted molar refractivity (Wildman–Crippen MR) is 101 cm³/mol. The van der Waals surface area contributed by atoms with Crippen LogP contribution in [-0.2, 0) is 0 Å². The number of hydrogen-bond donors (Lipinski definition) is 0. The molecule has 1 spiro atoms. The lowest BCUT2D eigenvalue weighted by molar-refractivity contribution is 0.504. The van der Waals surface area contributed by atoms with Gasteiger partial charge in [-0.2, -0.15) is 0 Å². The summed E-state index contributed by atoms with van der Waals surface area (Å²) in [5.74, 6) is 0. The van der Waals surface area contributed by atoms with Crippen molar-refractivity contribution in [1.82, 2.24) is 0 Å². The molecule has 0 amide bonds. The maximum absolute atomic E-state index is 2.00. The van der Waals surface area contributed by atoms with E-state index in [2.05, 4.69) is 0 Å². The zero-order valence-electron chi connectivity index (χ0n) is 15.6. The van der Waals surface area contributed by atoms with Crippen molar-refractivity contribution in [2.24, 2.45) is 5.41 Å². The van der Waals surface area contributed by atoms with Gasteiger partial charge in [0.05, 0.1) is 0 Å². The number of rotatable bonds is 0. The van der Waals surface area contributed by atoms with E-state index < -0.39 is 0 Å². The maximum atomic E-state index is 2.00. The second kappa shape index (κ2) is 24.0. The highest BCUT2D eigenvalue weighted by atomic mass is 14.6. The third-order valence-electron chi connectivity index (χ3n) is 3.41. The molecule has 128 valence electrons. The summed E-state index contributed by atoms with van der Waals surface area (Å²) in [5, 5.41) is 0. The van der Waals surface area contributed by atoms with E-state index in [0.717, 1.165) is 5.41 Å². The van der Waals surface area contributed by atoms with Gasteiger partial charge in [0, 0.05) is 0 Å². The summed E-state index contributed by atoms with van der Waals surface area (Å²) < 4.78 is 0. The van der Waals surface area contributed by atoms with Crippen LogP contribution in [0.1, 0.15) is 127 Å². The fraction of sp³-hybridized carbons (Fsp3) is 1.00. The molecule has 0 unspecified atom stereocenters. The van der Waals surface area contributed by atoms with Gasteiger partial charge in [-0.3, -0.25) is 0 Å². The van der Waals surface area contributed by atoms with Gasteiger partial charge in [0.15, 0.2) is 0 Å². The molecule has 0 aromatic heterocycles. The Bertz CT molecular complexity index is 89.0. The van der Waals surface area contributed by atoms with Crippen molar-refractivity contribution in [3.63, 3.8) is 0 Å². The molecule has 0 heteroatoms. The van der Waals surface area contributed by atoms with Crippen molar-refractivity contribution in [3.05, 3.63) is 0 Å². The third kappa shape index (κ3) is 20.3. The summed E-state index contributed by atoms with van der Waals surface area (Å²) in [6.45, 7) is 16.0. The summed E-state index contributed by atoms with van der Waals surface area (Å²) in [7, 11) is 0. The molecular formula is C20H48. The van der Waals surface area contributed by atoms with Crippen molar-refractivity contribution in [2.45, 2.75) is 127 Å². The highest BCUT2D eigenvalue weighted by Crippen LogP contribution is 2.65. The van der Waals surface area contributed by atoms with Crippen LogP contribution >= 0.6 is 0 Å². The first-order chi connectivity index (χ1) is 9.41. The van der Waals surface area contributed by atoms with Gasteiger partial charge in [-0.25, -0.2) is 0 Å². The Hall–Kier alpha value is 0. The van der Waals surface area contributed by atoms with E-state index >= 15 is 0 Å². The smallest absolute Gasteiger partial charge is 0.0297 e. The molecule has 0 nitrogen and oxygen atoms in total. The van der Waals surface area contributed by atoms with Crippen LogP contribution in [0.4, 0.5) is 0 Å². The molecular weight excluding hydrogens is 240 g/mol.